The number of nitrogens with zero attached hydrogens (tertiary/aromatic N) is 1. The molecule has 7 aromatic carbocycles. The maximum absolute atomic E-state index is 6.19. The van der Waals surface area contributed by atoms with Crippen molar-refractivity contribution in [3.8, 4) is 22.3 Å². The summed E-state index contributed by atoms with van der Waals surface area (Å²) in [5.74, 6) is 0. The fourth-order valence-corrected chi connectivity index (χ4v) is 7.68. The van der Waals surface area contributed by atoms with Crippen molar-refractivity contribution in [2.24, 2.45) is 0 Å². The summed E-state index contributed by atoms with van der Waals surface area (Å²) >= 11 is 1.85. The lowest BCUT2D eigenvalue weighted by atomic mass is 10.00. The summed E-state index contributed by atoms with van der Waals surface area (Å²) in [6.07, 6.45) is 0. The number of fused-ring (bicyclic) bond motifs is 6. The molecule has 0 N–H and O–H groups in total. The molecule has 2 nitrogen and oxygen atoms in total. The van der Waals surface area contributed by atoms with Crippen LogP contribution in [0.1, 0.15) is 0 Å². The van der Waals surface area contributed by atoms with Crippen LogP contribution in [0.25, 0.3) is 64.4 Å². The molecular weight excluding hydrogens is 567 g/mol. The van der Waals surface area contributed by atoms with Crippen molar-refractivity contribution in [3.05, 3.63) is 164 Å². The Morgan fingerprint density at radius 3 is 1.76 bits per heavy atom. The van der Waals surface area contributed by atoms with Gasteiger partial charge in [-0.3, -0.25) is 0 Å². The fraction of sp³-hybridized carbons (Fsp3) is 0. The maximum atomic E-state index is 6.19. The van der Waals surface area contributed by atoms with Crippen LogP contribution in [-0.4, -0.2) is 0 Å². The van der Waals surface area contributed by atoms with Gasteiger partial charge in [-0.15, -0.1) is 11.3 Å². The van der Waals surface area contributed by atoms with Crippen LogP contribution in [-0.2, 0) is 0 Å². The van der Waals surface area contributed by atoms with Gasteiger partial charge in [-0.05, 0) is 70.8 Å². The van der Waals surface area contributed by atoms with Crippen LogP contribution < -0.4 is 4.90 Å². The minimum absolute atomic E-state index is 0.897. The molecular formula is C42H27NOS. The van der Waals surface area contributed by atoms with Crippen LogP contribution in [0, 0.1) is 0 Å². The molecule has 2 heterocycles. The van der Waals surface area contributed by atoms with E-state index >= 15 is 0 Å². The molecule has 0 saturated heterocycles. The predicted octanol–water partition coefficient (Wildman–Crippen LogP) is 12.8. The number of furan rings is 1. The van der Waals surface area contributed by atoms with Gasteiger partial charge in [0.05, 0.1) is 10.4 Å². The Morgan fingerprint density at radius 1 is 0.400 bits per heavy atom. The molecule has 0 amide bonds. The number of rotatable bonds is 5. The maximum Gasteiger partial charge on any atom is 0.135 e. The summed E-state index contributed by atoms with van der Waals surface area (Å²) in [6, 6.07) is 58.5. The van der Waals surface area contributed by atoms with Gasteiger partial charge in [0.25, 0.3) is 0 Å². The standard InChI is InChI=1S/C42H27NOS/c1-2-9-28(10-3-1)29-17-19-30(20-18-29)31-21-23-32(24-22-31)43(33-25-26-40-37(27-33)34-11-4-6-15-39(34)44-40)38-14-8-13-36-35-12-5-7-16-41(35)45-42(36)38/h1-27H. The van der Waals surface area contributed by atoms with E-state index in [1.54, 1.807) is 0 Å². The smallest absolute Gasteiger partial charge is 0.135 e. The van der Waals surface area contributed by atoms with Crippen LogP contribution in [0.3, 0.4) is 0 Å². The summed E-state index contributed by atoms with van der Waals surface area (Å²) in [6.45, 7) is 0. The normalized spacial score (nSPS) is 11.6. The minimum atomic E-state index is 0.897. The second kappa shape index (κ2) is 10.5. The first-order chi connectivity index (χ1) is 22.3. The van der Waals surface area contributed by atoms with Gasteiger partial charge in [-0.25, -0.2) is 0 Å². The number of anilines is 3. The topological polar surface area (TPSA) is 16.4 Å². The van der Waals surface area contributed by atoms with Gasteiger partial charge in [0.1, 0.15) is 11.2 Å². The van der Waals surface area contributed by atoms with Crippen molar-refractivity contribution in [1.82, 2.24) is 0 Å². The second-order valence-electron chi connectivity index (χ2n) is 11.4. The van der Waals surface area contributed by atoms with Crippen molar-refractivity contribution >= 4 is 70.5 Å². The molecule has 3 heteroatoms. The van der Waals surface area contributed by atoms with Crippen molar-refractivity contribution in [3.63, 3.8) is 0 Å². The van der Waals surface area contributed by atoms with Crippen molar-refractivity contribution in [1.29, 1.82) is 0 Å². The zero-order valence-electron chi connectivity index (χ0n) is 24.4. The lowest BCUT2D eigenvalue weighted by molar-refractivity contribution is 0.669. The summed E-state index contributed by atoms with van der Waals surface area (Å²) in [5, 5.41) is 4.82. The number of benzene rings is 7. The van der Waals surface area contributed by atoms with Crippen LogP contribution in [0.4, 0.5) is 17.1 Å². The van der Waals surface area contributed by atoms with Gasteiger partial charge < -0.3 is 9.32 Å². The molecule has 9 rings (SSSR count). The average Bonchev–Trinajstić information content (AvgIpc) is 3.68. The van der Waals surface area contributed by atoms with E-state index < -0.39 is 0 Å². The third-order valence-corrected chi connectivity index (χ3v) is 9.90. The Labute approximate surface area is 265 Å². The number of thiophene rings is 1. The molecule has 0 aliphatic heterocycles. The molecule has 2 aromatic heterocycles. The number of para-hydroxylation sites is 1. The van der Waals surface area contributed by atoms with E-state index in [1.807, 2.05) is 23.5 Å². The van der Waals surface area contributed by atoms with E-state index in [-0.39, 0.29) is 0 Å². The summed E-state index contributed by atoms with van der Waals surface area (Å²) in [7, 11) is 0. The Bertz CT molecular complexity index is 2470. The van der Waals surface area contributed by atoms with Gasteiger partial charge in [-0.2, -0.15) is 0 Å². The van der Waals surface area contributed by atoms with E-state index in [1.165, 1.54) is 48.1 Å². The minimum Gasteiger partial charge on any atom is -0.456 e. The highest BCUT2D eigenvalue weighted by Crippen LogP contribution is 2.46. The molecule has 0 spiro atoms. The first-order valence-electron chi connectivity index (χ1n) is 15.2. The molecule has 0 radical (unpaired) electrons. The molecule has 45 heavy (non-hydrogen) atoms. The van der Waals surface area contributed by atoms with Gasteiger partial charge in [-0.1, -0.05) is 115 Å². The summed E-state index contributed by atoms with van der Waals surface area (Å²) in [5.41, 5.74) is 10.0. The van der Waals surface area contributed by atoms with Crippen LogP contribution in [0.15, 0.2) is 168 Å². The molecule has 0 bridgehead atoms. The largest absolute Gasteiger partial charge is 0.456 e. The van der Waals surface area contributed by atoms with E-state index in [0.717, 1.165) is 33.3 Å². The van der Waals surface area contributed by atoms with Crippen molar-refractivity contribution < 1.29 is 4.42 Å². The number of hydrogen-bond acceptors (Lipinski definition) is 3. The van der Waals surface area contributed by atoms with Gasteiger partial charge >= 0.3 is 0 Å². The molecule has 0 aliphatic rings. The quantitative estimate of drug-likeness (QED) is 0.197. The molecule has 0 atom stereocenters. The lowest BCUT2D eigenvalue weighted by Crippen LogP contribution is -2.10. The molecule has 0 saturated carbocycles. The average molecular weight is 594 g/mol. The van der Waals surface area contributed by atoms with Crippen LogP contribution >= 0.6 is 11.3 Å². The lowest BCUT2D eigenvalue weighted by Gasteiger charge is -2.26. The Morgan fingerprint density at radius 2 is 0.978 bits per heavy atom. The Kier molecular flexibility index (Phi) is 6.03. The summed E-state index contributed by atoms with van der Waals surface area (Å²) < 4.78 is 8.76. The third kappa shape index (κ3) is 4.40. The first kappa shape index (κ1) is 25.8. The first-order valence-corrected chi connectivity index (χ1v) is 16.0. The zero-order chi connectivity index (χ0) is 29.7. The molecule has 0 fully saturated rings. The van der Waals surface area contributed by atoms with Gasteiger partial charge in [0.15, 0.2) is 0 Å². The van der Waals surface area contributed by atoms with E-state index in [2.05, 4.69) is 157 Å². The van der Waals surface area contributed by atoms with E-state index in [4.69, 9.17) is 4.42 Å². The molecule has 0 aliphatic carbocycles. The van der Waals surface area contributed by atoms with E-state index in [0.29, 0.717) is 0 Å². The Hall–Kier alpha value is -5.64. The summed E-state index contributed by atoms with van der Waals surface area (Å²) in [4.78, 5) is 2.39. The highest BCUT2D eigenvalue weighted by atomic mass is 32.1. The fourth-order valence-electron chi connectivity index (χ4n) is 6.48. The highest BCUT2D eigenvalue weighted by Gasteiger charge is 2.19. The van der Waals surface area contributed by atoms with Crippen molar-refractivity contribution in [2.75, 3.05) is 4.90 Å². The number of hydrogen-bond donors (Lipinski definition) is 0. The second-order valence-corrected chi connectivity index (χ2v) is 12.4. The van der Waals surface area contributed by atoms with E-state index in [9.17, 15) is 0 Å². The third-order valence-electron chi connectivity index (χ3n) is 8.69. The van der Waals surface area contributed by atoms with Gasteiger partial charge in [0, 0.05) is 37.6 Å². The SMILES string of the molecule is c1ccc(-c2ccc(-c3ccc(N(c4ccc5oc6ccccc6c5c4)c4cccc5c4sc4ccccc45)cc3)cc2)cc1. The van der Waals surface area contributed by atoms with Crippen LogP contribution in [0.2, 0.25) is 0 Å². The predicted molar refractivity (Wildman–Crippen MR) is 192 cm³/mol. The van der Waals surface area contributed by atoms with Gasteiger partial charge in [0.2, 0.25) is 0 Å². The van der Waals surface area contributed by atoms with Crippen molar-refractivity contribution in [2.45, 2.75) is 0 Å². The van der Waals surface area contributed by atoms with Crippen LogP contribution in [0.5, 0.6) is 0 Å². The molecule has 0 unspecified atom stereocenters. The Balaban J connectivity index is 1.19. The monoisotopic (exact) mass is 593 g/mol. The highest BCUT2D eigenvalue weighted by molar-refractivity contribution is 7.26. The zero-order valence-corrected chi connectivity index (χ0v) is 25.2. The molecule has 212 valence electrons. The molecule has 9 aromatic rings.